The summed E-state index contributed by atoms with van der Waals surface area (Å²) in [5.41, 5.74) is 6.03. The Morgan fingerprint density at radius 2 is 1.47 bits per heavy atom. The first kappa shape index (κ1) is 44.6. The van der Waals surface area contributed by atoms with Gasteiger partial charge < -0.3 is 9.74 Å². The fourth-order valence-electron chi connectivity index (χ4n) is 9.48. The average Bonchev–Trinajstić information content (AvgIpc) is 3.71. The third kappa shape index (κ3) is 8.02. The number of fused-ring (bicyclic) bond motifs is 6. The maximum Gasteiger partial charge on any atom is 0.333 e. The van der Waals surface area contributed by atoms with Gasteiger partial charge in [-0.3, -0.25) is 18.7 Å². The molecule has 0 unspecified atom stereocenters. The van der Waals surface area contributed by atoms with Crippen LogP contribution in [-0.2, 0) is 50.3 Å². The van der Waals surface area contributed by atoms with Crippen LogP contribution in [0.15, 0.2) is 94.4 Å². The van der Waals surface area contributed by atoms with E-state index in [-0.39, 0.29) is 29.1 Å². The Hall–Kier alpha value is -5.48. The van der Waals surface area contributed by atoms with Gasteiger partial charge in [-0.25, -0.2) is 4.79 Å². The van der Waals surface area contributed by atoms with Crippen molar-refractivity contribution in [2.45, 2.75) is 108 Å². The van der Waals surface area contributed by atoms with Gasteiger partial charge in [0.1, 0.15) is 11.4 Å². The summed E-state index contributed by atoms with van der Waals surface area (Å²) < 4.78 is 71.9. The summed E-state index contributed by atoms with van der Waals surface area (Å²) in [5.74, 6) is -1.69. The Labute approximate surface area is 362 Å². The van der Waals surface area contributed by atoms with Crippen LogP contribution in [-0.4, -0.2) is 72.2 Å². The summed E-state index contributed by atoms with van der Waals surface area (Å²) in [5, 5.41) is 3.38. The molecule has 4 aromatic carbocycles. The van der Waals surface area contributed by atoms with E-state index in [1.165, 1.54) is 12.1 Å². The summed E-state index contributed by atoms with van der Waals surface area (Å²) >= 11 is 0. The summed E-state index contributed by atoms with van der Waals surface area (Å²) in [6, 6.07) is 14.1. The van der Waals surface area contributed by atoms with Crippen molar-refractivity contribution in [2.24, 2.45) is 0 Å². The number of unbranched alkanes of at least 4 members (excludes halogenated alkanes) is 2. The smallest absolute Gasteiger partial charge is 0.333 e. The number of nitrogens with zero attached hydrogens (tertiary/aromatic N) is 3. The Morgan fingerprint density at radius 3 is 2.13 bits per heavy atom. The molecule has 1 saturated heterocycles. The van der Waals surface area contributed by atoms with Crippen molar-refractivity contribution in [1.82, 2.24) is 5.06 Å². The van der Waals surface area contributed by atoms with E-state index < -0.39 is 48.8 Å². The van der Waals surface area contributed by atoms with Crippen molar-refractivity contribution >= 4 is 76.7 Å². The molecule has 2 N–H and O–H groups in total. The van der Waals surface area contributed by atoms with E-state index in [1.807, 2.05) is 49.4 Å². The second-order valence-electron chi connectivity index (χ2n) is 17.2. The first-order valence-electron chi connectivity index (χ1n) is 20.7. The molecule has 3 aliphatic heterocycles. The second-order valence-corrected chi connectivity index (χ2v) is 20.1. The number of rotatable bonds is 13. The fraction of sp³-hybridized carbons (Fsp3) is 0.362. The molecular weight excluding hydrogens is 831 g/mol. The topological polar surface area (TPSA) is 179 Å². The number of amides is 2. The van der Waals surface area contributed by atoms with Gasteiger partial charge in [-0.2, -0.15) is 21.4 Å². The number of benzene rings is 4. The molecule has 2 amide bonds. The van der Waals surface area contributed by atoms with E-state index >= 15 is 0 Å². The van der Waals surface area contributed by atoms with Crippen molar-refractivity contribution in [1.29, 1.82) is 0 Å². The molecule has 0 aliphatic carbocycles. The number of hydrogen-bond donors (Lipinski definition) is 2. The molecule has 3 aliphatic rings. The zero-order chi connectivity index (χ0) is 45.1. The van der Waals surface area contributed by atoms with Crippen LogP contribution in [0.5, 0.6) is 0 Å². The summed E-state index contributed by atoms with van der Waals surface area (Å²) in [4.78, 5) is 43.2. The summed E-state index contributed by atoms with van der Waals surface area (Å²) in [7, 11) is -8.94. The van der Waals surface area contributed by atoms with Crippen LogP contribution < -0.4 is 4.90 Å². The quantitative estimate of drug-likeness (QED) is 0.0433. The van der Waals surface area contributed by atoms with Crippen molar-refractivity contribution < 1.29 is 49.7 Å². The number of allylic oxidation sites excluding steroid dienone is 6. The Bertz CT molecular complexity index is 2930. The van der Waals surface area contributed by atoms with Gasteiger partial charge in [0.2, 0.25) is 5.69 Å². The van der Waals surface area contributed by atoms with Gasteiger partial charge in [-0.1, -0.05) is 50.6 Å². The van der Waals surface area contributed by atoms with E-state index in [4.69, 9.17) is 4.84 Å². The Kier molecular flexibility index (Phi) is 11.7. The monoisotopic (exact) mass is 882 g/mol. The van der Waals surface area contributed by atoms with Gasteiger partial charge in [0.15, 0.2) is 5.71 Å². The van der Waals surface area contributed by atoms with Gasteiger partial charge in [0.25, 0.3) is 32.1 Å². The van der Waals surface area contributed by atoms with E-state index in [0.717, 1.165) is 55.6 Å². The van der Waals surface area contributed by atoms with Crippen molar-refractivity contribution in [3.05, 3.63) is 107 Å². The van der Waals surface area contributed by atoms with Gasteiger partial charge in [-0.05, 0) is 117 Å². The molecule has 13 nitrogen and oxygen atoms in total. The molecule has 4 aromatic rings. The predicted molar refractivity (Wildman–Crippen MR) is 238 cm³/mol. The van der Waals surface area contributed by atoms with Gasteiger partial charge in [-0.15, -0.1) is 5.06 Å². The lowest BCUT2D eigenvalue weighted by molar-refractivity contribution is -0.433. The van der Waals surface area contributed by atoms with Crippen molar-refractivity contribution in [2.75, 3.05) is 18.0 Å². The Balaban J connectivity index is 1.19. The highest BCUT2D eigenvalue weighted by atomic mass is 32.2. The zero-order valence-corrected chi connectivity index (χ0v) is 37.6. The van der Waals surface area contributed by atoms with Crippen LogP contribution in [0.25, 0.3) is 21.5 Å². The first-order valence-corrected chi connectivity index (χ1v) is 23.6. The molecular formula is C47H52N3O10S2+. The molecule has 0 saturated carbocycles. The van der Waals surface area contributed by atoms with Crippen LogP contribution >= 0.6 is 0 Å². The molecule has 62 heavy (non-hydrogen) atoms. The normalized spacial score (nSPS) is 18.1. The maximum atomic E-state index is 12.5. The number of hydrogen-bond acceptors (Lipinski definition) is 9. The lowest BCUT2D eigenvalue weighted by Gasteiger charge is -2.27. The van der Waals surface area contributed by atoms with Crippen LogP contribution in [0.2, 0.25) is 0 Å². The third-order valence-corrected chi connectivity index (χ3v) is 14.0. The number of carbonyl (C=O) groups is 3. The van der Waals surface area contributed by atoms with Gasteiger partial charge >= 0.3 is 5.97 Å². The van der Waals surface area contributed by atoms with Crippen LogP contribution in [0.4, 0.5) is 11.4 Å². The average molecular weight is 883 g/mol. The number of carbonyl (C=O) groups excluding carboxylic acids is 3. The van der Waals surface area contributed by atoms with Crippen LogP contribution in [0, 0.1) is 13.8 Å². The zero-order valence-electron chi connectivity index (χ0n) is 36.0. The standard InChI is InChI=1S/C47H51N3O10S2/c1-8-48-36-20-18-32-30(3)27-31(61(54,55)56)28-35(32)45(36)46(4,5)39(48)15-11-9-12-16-40-47(6,7)44-34-25-29(2)26-38(62(57,58)59)33(34)19-21-37(44)49(40)24-14-10-13-17-43(53)60-50-41(51)22-23-42(50)52/h9,11-12,15-16,18-21,25-28H,8,10,13-14,17,22-24H2,1-7H3,(H-,54,55,56,57,58,59)/p+1. The molecule has 1 fully saturated rings. The molecule has 0 bridgehead atoms. The van der Waals surface area contributed by atoms with E-state index in [0.29, 0.717) is 48.4 Å². The summed E-state index contributed by atoms with van der Waals surface area (Å²) in [6.45, 7) is 15.3. The molecule has 0 spiro atoms. The lowest BCUT2D eigenvalue weighted by Crippen LogP contribution is -2.32. The van der Waals surface area contributed by atoms with Gasteiger partial charge in [0.05, 0.1) is 10.3 Å². The highest BCUT2D eigenvalue weighted by molar-refractivity contribution is 7.86. The molecule has 15 heteroatoms. The second kappa shape index (κ2) is 16.3. The van der Waals surface area contributed by atoms with Crippen molar-refractivity contribution in [3.63, 3.8) is 0 Å². The highest BCUT2D eigenvalue weighted by Crippen LogP contribution is 2.52. The number of imide groups is 1. The minimum absolute atomic E-state index is 0.0268. The summed E-state index contributed by atoms with van der Waals surface area (Å²) in [6.07, 6.45) is 11.9. The minimum atomic E-state index is -4.52. The van der Waals surface area contributed by atoms with Crippen molar-refractivity contribution in [3.8, 4) is 0 Å². The highest BCUT2D eigenvalue weighted by Gasteiger charge is 2.46. The number of hydroxylamine groups is 2. The van der Waals surface area contributed by atoms with E-state index in [2.05, 4.69) is 56.2 Å². The minimum Gasteiger partial charge on any atom is -0.344 e. The predicted octanol–water partition coefficient (Wildman–Crippen LogP) is 8.46. The maximum absolute atomic E-state index is 12.5. The first-order chi connectivity index (χ1) is 29.1. The fourth-order valence-corrected chi connectivity index (χ4v) is 10.9. The molecule has 0 aromatic heterocycles. The third-order valence-electron chi connectivity index (χ3n) is 12.3. The molecule has 3 heterocycles. The van der Waals surface area contributed by atoms with E-state index in [9.17, 15) is 40.3 Å². The number of anilines is 1. The van der Waals surface area contributed by atoms with Crippen LogP contribution in [0.1, 0.15) is 95.4 Å². The number of aryl methyl sites for hydroxylation is 2. The molecule has 326 valence electrons. The molecule has 7 rings (SSSR count). The lowest BCUT2D eigenvalue weighted by atomic mass is 9.78. The van der Waals surface area contributed by atoms with Gasteiger partial charge in [0, 0.05) is 65.7 Å². The largest absolute Gasteiger partial charge is 0.344 e. The Morgan fingerprint density at radius 1 is 0.790 bits per heavy atom. The van der Waals surface area contributed by atoms with Crippen LogP contribution in [0.3, 0.4) is 0 Å². The van der Waals surface area contributed by atoms with E-state index in [1.54, 1.807) is 19.1 Å². The molecule has 0 radical (unpaired) electrons. The molecule has 0 atom stereocenters. The SMILES string of the molecule is CC[N+]1=C(/C=C/C=C/C=C2/N(CCCCCC(=O)ON3C(=O)CCC3=O)c3ccc4c(S(=O)(=O)O)cc(C)cc4c3C2(C)C)C(C)(C)c2c1ccc1c(C)cc(S(=O)(=O)O)cc21.